The van der Waals surface area contributed by atoms with Gasteiger partial charge in [0.1, 0.15) is 23.8 Å². The summed E-state index contributed by atoms with van der Waals surface area (Å²) >= 11 is 1.31. The van der Waals surface area contributed by atoms with E-state index in [-0.39, 0.29) is 35.6 Å². The number of H-pyrrole nitrogens is 1. The average Bonchev–Trinajstić information content (AvgIpc) is 3.99. The number of piperidine rings is 1. The molecule has 2 aromatic heterocycles. The van der Waals surface area contributed by atoms with Crippen LogP contribution >= 0.6 is 11.9 Å². The Bertz CT molecular complexity index is 2650. The maximum absolute atomic E-state index is 15.1. The quantitative estimate of drug-likeness (QED) is 0.0754. The van der Waals surface area contributed by atoms with Gasteiger partial charge in [-0.2, -0.15) is 4.98 Å². The van der Waals surface area contributed by atoms with Gasteiger partial charge in [-0.3, -0.25) is 14.4 Å². The lowest BCUT2D eigenvalue weighted by molar-refractivity contribution is -0.0227. The summed E-state index contributed by atoms with van der Waals surface area (Å²) in [6, 6.07) is 22.4. The molecule has 374 valence electrons. The van der Waals surface area contributed by atoms with Gasteiger partial charge in [-0.15, -0.1) is 0 Å². The van der Waals surface area contributed by atoms with Gasteiger partial charge in [0.15, 0.2) is 5.75 Å². The number of aromatic nitrogens is 2. The lowest BCUT2D eigenvalue weighted by atomic mass is 9.59. The second kappa shape index (κ2) is 20.4. The number of aliphatic hydroxyl groups is 1. The smallest absolute Gasteiger partial charge is 0.265 e. The van der Waals surface area contributed by atoms with E-state index in [0.29, 0.717) is 52.3 Å². The van der Waals surface area contributed by atoms with Crippen molar-refractivity contribution in [3.8, 4) is 17.4 Å². The van der Waals surface area contributed by atoms with Crippen molar-refractivity contribution in [2.75, 3.05) is 43.6 Å². The predicted molar refractivity (Wildman–Crippen MR) is 278 cm³/mol. The number of amides is 1. The Morgan fingerprint density at radius 3 is 2.53 bits per heavy atom. The van der Waals surface area contributed by atoms with Crippen LogP contribution in [0.4, 0.5) is 15.8 Å². The van der Waals surface area contributed by atoms with Gasteiger partial charge in [0.05, 0.1) is 22.7 Å². The number of pyridine rings is 1. The molecule has 4 fully saturated rings. The molecule has 0 radical (unpaired) electrons. The number of likely N-dealkylation sites (tertiary alicyclic amines) is 1. The molecule has 5 heterocycles. The second-order valence-corrected chi connectivity index (χ2v) is 22.7. The van der Waals surface area contributed by atoms with E-state index in [1.807, 2.05) is 32.0 Å². The van der Waals surface area contributed by atoms with E-state index in [2.05, 4.69) is 87.0 Å². The van der Waals surface area contributed by atoms with Crippen molar-refractivity contribution in [3.63, 3.8) is 0 Å². The highest BCUT2D eigenvalue weighted by atomic mass is 32.2. The van der Waals surface area contributed by atoms with Crippen molar-refractivity contribution in [1.82, 2.24) is 19.6 Å². The van der Waals surface area contributed by atoms with Crippen LogP contribution < -0.4 is 24.4 Å². The van der Waals surface area contributed by atoms with Gasteiger partial charge >= 0.3 is 0 Å². The first-order chi connectivity index (χ1) is 33.8. The minimum absolute atomic E-state index is 0.170. The Balaban J connectivity index is 0.866. The molecular formula is C57H73FN6O5S. The number of halogens is 1. The molecule has 11 nitrogen and oxygen atoms in total. The Hall–Kier alpha value is -4.82. The summed E-state index contributed by atoms with van der Waals surface area (Å²) in [6.45, 7) is 13.9. The molecule has 0 unspecified atom stereocenters. The zero-order chi connectivity index (χ0) is 48.7. The highest BCUT2D eigenvalue weighted by Gasteiger charge is 2.50. The number of aryl methyl sites for hydroxylation is 2. The van der Waals surface area contributed by atoms with Crippen LogP contribution in [0, 0.1) is 17.2 Å². The van der Waals surface area contributed by atoms with E-state index in [4.69, 9.17) is 14.2 Å². The topological polar surface area (TPSA) is 124 Å². The molecule has 4 N–H and O–H groups in total. The first kappa shape index (κ1) is 48.8. The van der Waals surface area contributed by atoms with Gasteiger partial charge in [0, 0.05) is 72.9 Å². The summed E-state index contributed by atoms with van der Waals surface area (Å²) in [6.07, 6.45) is 14.9. The number of rotatable bonds is 15. The standard InChI is InChI=1S/C57H73FN6O5S/c1-7-37-27-42(28-39-14-17-48(60-52(37)39)38-18-20-56(5,66)21-19-38)70-62-54(65)45-16-15-40(29-50(45)69-51-30-46-47(58)33-59-53(46)61-55(51)68-34-36(4)67-6)63-25-22-57(23-26-63)31-41(32-57)64-24-10-13-49(64)44-12-9-8-11-43(44)35(2)3/h8-9,11-12,15-16,27-30,33,35-36,38,41,48-49,60,66H,7,10,13-14,17-26,31-32,34H2,1-6H3,(H,59,61)(H,62,65)/t36-,38-,48-,49-,56-/m1/s1. The highest BCUT2D eigenvalue weighted by molar-refractivity contribution is 7.98. The minimum atomic E-state index is -0.548. The number of fused-ring (bicyclic) bond motifs is 2. The van der Waals surface area contributed by atoms with E-state index in [9.17, 15) is 9.90 Å². The van der Waals surface area contributed by atoms with Crippen LogP contribution in [-0.4, -0.2) is 83.0 Å². The van der Waals surface area contributed by atoms with Gasteiger partial charge in [-0.25, -0.2) is 4.39 Å². The molecule has 0 bridgehead atoms. The fourth-order valence-corrected chi connectivity index (χ4v) is 13.2. The maximum Gasteiger partial charge on any atom is 0.265 e. The van der Waals surface area contributed by atoms with Crippen molar-refractivity contribution in [2.24, 2.45) is 11.3 Å². The average molecular weight is 973 g/mol. The van der Waals surface area contributed by atoms with Crippen LogP contribution in [0.15, 0.2) is 71.8 Å². The molecule has 70 heavy (non-hydrogen) atoms. The molecule has 1 spiro atoms. The number of nitrogens with one attached hydrogen (secondary N) is 3. The van der Waals surface area contributed by atoms with E-state index >= 15 is 4.39 Å². The Kier molecular flexibility index (Phi) is 14.2. The number of nitrogens with zero attached hydrogens (tertiary/aromatic N) is 3. The van der Waals surface area contributed by atoms with Crippen LogP contribution in [-0.2, 0) is 17.6 Å². The van der Waals surface area contributed by atoms with Crippen LogP contribution in [0.5, 0.6) is 17.4 Å². The molecule has 2 saturated heterocycles. The van der Waals surface area contributed by atoms with E-state index in [1.54, 1.807) is 13.2 Å². The fourth-order valence-electron chi connectivity index (χ4n) is 12.4. The number of aromatic amines is 1. The van der Waals surface area contributed by atoms with E-state index in [0.717, 1.165) is 81.5 Å². The maximum atomic E-state index is 15.1. The molecule has 2 aliphatic carbocycles. The van der Waals surface area contributed by atoms with Crippen LogP contribution in [0.25, 0.3) is 11.0 Å². The summed E-state index contributed by atoms with van der Waals surface area (Å²) < 4.78 is 36.6. The molecule has 5 aromatic rings. The van der Waals surface area contributed by atoms with Gasteiger partial charge in [0.2, 0.25) is 0 Å². The van der Waals surface area contributed by atoms with E-state index in [1.165, 1.54) is 78.3 Å². The zero-order valence-corrected chi connectivity index (χ0v) is 42.9. The number of ether oxygens (including phenoxy) is 3. The predicted octanol–water partition coefficient (Wildman–Crippen LogP) is 12.3. The highest BCUT2D eigenvalue weighted by Crippen LogP contribution is 2.54. The van der Waals surface area contributed by atoms with Gasteiger partial charge < -0.3 is 34.5 Å². The Morgan fingerprint density at radius 1 is 0.986 bits per heavy atom. The molecule has 1 amide bonds. The van der Waals surface area contributed by atoms with Gasteiger partial charge in [-0.1, -0.05) is 45.0 Å². The summed E-state index contributed by atoms with van der Waals surface area (Å²) in [4.78, 5) is 28.2. The van der Waals surface area contributed by atoms with Crippen molar-refractivity contribution >= 4 is 40.3 Å². The lowest BCUT2D eigenvalue weighted by Gasteiger charge is -2.56. The molecule has 3 aliphatic heterocycles. The second-order valence-electron chi connectivity index (χ2n) is 21.8. The third-order valence-corrected chi connectivity index (χ3v) is 17.5. The van der Waals surface area contributed by atoms with Crippen LogP contribution in [0.1, 0.15) is 150 Å². The summed E-state index contributed by atoms with van der Waals surface area (Å²) in [5, 5.41) is 14.8. The number of hydrogen-bond acceptors (Lipinski definition) is 10. The zero-order valence-electron chi connectivity index (χ0n) is 42.0. The normalized spacial score (nSPS) is 24.1. The van der Waals surface area contributed by atoms with Crippen molar-refractivity contribution in [1.29, 1.82) is 0 Å². The van der Waals surface area contributed by atoms with Crippen LogP contribution in [0.3, 0.4) is 0 Å². The van der Waals surface area contributed by atoms with E-state index < -0.39 is 11.4 Å². The Labute approximate surface area is 418 Å². The molecular weight excluding hydrogens is 900 g/mol. The number of benzene rings is 3. The Morgan fingerprint density at radius 2 is 1.77 bits per heavy atom. The molecule has 13 heteroatoms. The first-order valence-corrected chi connectivity index (χ1v) is 27.0. The molecule has 10 rings (SSSR count). The summed E-state index contributed by atoms with van der Waals surface area (Å²) in [5.74, 6) is 1.01. The summed E-state index contributed by atoms with van der Waals surface area (Å²) in [5.41, 5.74) is 8.20. The van der Waals surface area contributed by atoms with Crippen molar-refractivity contribution < 1.29 is 28.5 Å². The number of carbonyl (C=O) groups excluding carboxylic acids is 1. The third-order valence-electron chi connectivity index (χ3n) is 16.7. The van der Waals surface area contributed by atoms with Gasteiger partial charge in [0.25, 0.3) is 11.8 Å². The molecule has 3 aromatic carbocycles. The van der Waals surface area contributed by atoms with Gasteiger partial charge in [-0.05, 0) is 180 Å². The summed E-state index contributed by atoms with van der Waals surface area (Å²) in [7, 11) is 1.62. The molecule has 5 aliphatic rings. The number of methoxy groups -OCH3 is 1. The van der Waals surface area contributed by atoms with Crippen molar-refractivity contribution in [2.45, 2.75) is 159 Å². The molecule has 2 saturated carbocycles. The lowest BCUT2D eigenvalue weighted by Crippen LogP contribution is -2.54. The SMILES string of the molecule is CCc1cc(SNC(=O)c2ccc(N3CCC4(CC3)CC(N3CCC[C@@H]3c3ccccc3C(C)C)C4)cc2Oc2cc3c(F)c[nH]c3nc2OC[C@@H](C)OC)cc2c1N[C@@H]([C@H]1CC[C@](C)(O)CC1)CC2. The number of carbonyl (C=O) groups is 1. The third kappa shape index (κ3) is 10.1. The molecule has 3 atom stereocenters. The van der Waals surface area contributed by atoms with Crippen LogP contribution in [0.2, 0.25) is 0 Å². The largest absolute Gasteiger partial charge is 0.472 e. The monoisotopic (exact) mass is 973 g/mol. The first-order valence-electron chi connectivity index (χ1n) is 26.2. The number of hydrogen-bond donors (Lipinski definition) is 4. The number of anilines is 2. The van der Waals surface area contributed by atoms with Crippen molar-refractivity contribution in [3.05, 3.63) is 100 Å². The fraction of sp³-hybridized carbons (Fsp3) is 0.544. The minimum Gasteiger partial charge on any atom is -0.472 e.